The first-order valence-electron chi connectivity index (χ1n) is 8.21. The van der Waals surface area contributed by atoms with E-state index in [-0.39, 0.29) is 18.1 Å². The Kier molecular flexibility index (Phi) is 4.07. The number of para-hydroxylation sites is 1. The molecule has 0 unspecified atom stereocenters. The number of hydrogen-bond acceptors (Lipinski definition) is 3. The first-order chi connectivity index (χ1) is 12.7. The van der Waals surface area contributed by atoms with E-state index in [1.54, 1.807) is 0 Å². The van der Waals surface area contributed by atoms with Crippen LogP contribution in [0.2, 0.25) is 0 Å². The zero-order valence-corrected chi connectivity index (χ0v) is 13.8. The van der Waals surface area contributed by atoms with Crippen LogP contribution >= 0.6 is 0 Å². The SMILES string of the molecule is O=C(CNC(=O)c1n[nH]c2ccccc12)Nc1cccc2ccccc12. The van der Waals surface area contributed by atoms with Gasteiger partial charge in [0.1, 0.15) is 0 Å². The van der Waals surface area contributed by atoms with Crippen molar-refractivity contribution in [3.05, 3.63) is 72.4 Å². The lowest BCUT2D eigenvalue weighted by Gasteiger charge is -2.09. The van der Waals surface area contributed by atoms with E-state index in [4.69, 9.17) is 0 Å². The molecular weight excluding hydrogens is 328 g/mol. The third-order valence-corrected chi connectivity index (χ3v) is 4.16. The highest BCUT2D eigenvalue weighted by molar-refractivity contribution is 6.07. The second kappa shape index (κ2) is 6.68. The Morgan fingerprint density at radius 2 is 1.62 bits per heavy atom. The number of carbonyl (C=O) groups excluding carboxylic acids is 2. The zero-order valence-electron chi connectivity index (χ0n) is 13.8. The summed E-state index contributed by atoms with van der Waals surface area (Å²) in [5.41, 5.74) is 1.77. The van der Waals surface area contributed by atoms with Gasteiger partial charge >= 0.3 is 0 Å². The Labute approximate surface area is 149 Å². The topological polar surface area (TPSA) is 86.9 Å². The Morgan fingerprint density at radius 1 is 0.885 bits per heavy atom. The monoisotopic (exact) mass is 344 g/mol. The molecule has 1 aromatic heterocycles. The number of aromatic nitrogens is 2. The van der Waals surface area contributed by atoms with Crippen LogP contribution < -0.4 is 10.6 Å². The van der Waals surface area contributed by atoms with E-state index < -0.39 is 5.91 Å². The number of rotatable bonds is 4. The molecule has 0 saturated heterocycles. The molecule has 6 nitrogen and oxygen atoms in total. The fraction of sp³-hybridized carbons (Fsp3) is 0.0500. The first-order valence-corrected chi connectivity index (χ1v) is 8.21. The van der Waals surface area contributed by atoms with Crippen LogP contribution in [-0.2, 0) is 4.79 Å². The molecule has 0 saturated carbocycles. The van der Waals surface area contributed by atoms with Crippen molar-refractivity contribution in [1.29, 1.82) is 0 Å². The fourth-order valence-corrected chi connectivity index (χ4v) is 2.91. The summed E-state index contributed by atoms with van der Waals surface area (Å²) in [6.45, 7) is -0.136. The van der Waals surface area contributed by atoms with Gasteiger partial charge in [-0.15, -0.1) is 0 Å². The minimum atomic E-state index is -0.393. The number of carbonyl (C=O) groups is 2. The Balaban J connectivity index is 1.44. The molecule has 3 aromatic carbocycles. The van der Waals surface area contributed by atoms with E-state index in [0.717, 1.165) is 21.7 Å². The Bertz CT molecular complexity index is 1110. The third-order valence-electron chi connectivity index (χ3n) is 4.16. The standard InChI is InChI=1S/C20H16N4O2/c25-18(22-16-11-5-7-13-6-1-2-8-14(13)16)12-21-20(26)19-15-9-3-4-10-17(15)23-24-19/h1-11H,12H2,(H,21,26)(H,22,25)(H,23,24). The van der Waals surface area contributed by atoms with Crippen molar-refractivity contribution in [2.24, 2.45) is 0 Å². The van der Waals surface area contributed by atoms with Crippen LogP contribution in [0.5, 0.6) is 0 Å². The van der Waals surface area contributed by atoms with E-state index in [9.17, 15) is 9.59 Å². The van der Waals surface area contributed by atoms with Crippen LogP contribution in [0.3, 0.4) is 0 Å². The van der Waals surface area contributed by atoms with Crippen LogP contribution in [0.4, 0.5) is 5.69 Å². The van der Waals surface area contributed by atoms with Gasteiger partial charge < -0.3 is 10.6 Å². The average molecular weight is 344 g/mol. The van der Waals surface area contributed by atoms with E-state index in [2.05, 4.69) is 20.8 Å². The highest BCUT2D eigenvalue weighted by Gasteiger charge is 2.15. The van der Waals surface area contributed by atoms with Crippen molar-refractivity contribution in [3.63, 3.8) is 0 Å². The van der Waals surface area contributed by atoms with Crippen LogP contribution in [0.25, 0.3) is 21.7 Å². The average Bonchev–Trinajstić information content (AvgIpc) is 3.11. The molecule has 6 heteroatoms. The number of anilines is 1. The van der Waals surface area contributed by atoms with Crippen molar-refractivity contribution >= 4 is 39.2 Å². The van der Waals surface area contributed by atoms with Crippen LogP contribution in [-0.4, -0.2) is 28.6 Å². The number of fused-ring (bicyclic) bond motifs is 2. The van der Waals surface area contributed by atoms with E-state index in [0.29, 0.717) is 5.69 Å². The molecule has 0 bridgehead atoms. The van der Waals surface area contributed by atoms with Crippen LogP contribution in [0.15, 0.2) is 66.7 Å². The van der Waals surface area contributed by atoms with Crippen molar-refractivity contribution in [2.75, 3.05) is 11.9 Å². The van der Waals surface area contributed by atoms with Gasteiger partial charge in [0.25, 0.3) is 5.91 Å². The maximum Gasteiger partial charge on any atom is 0.272 e. The van der Waals surface area contributed by atoms with Crippen molar-refractivity contribution in [2.45, 2.75) is 0 Å². The maximum absolute atomic E-state index is 12.3. The molecule has 0 fully saturated rings. The lowest BCUT2D eigenvalue weighted by Crippen LogP contribution is -2.33. The number of nitrogens with one attached hydrogen (secondary N) is 3. The molecule has 0 aliphatic heterocycles. The van der Waals surface area contributed by atoms with Crippen LogP contribution in [0.1, 0.15) is 10.5 Å². The first kappa shape index (κ1) is 15.8. The summed E-state index contributed by atoms with van der Waals surface area (Å²) >= 11 is 0. The fourth-order valence-electron chi connectivity index (χ4n) is 2.91. The lowest BCUT2D eigenvalue weighted by molar-refractivity contribution is -0.115. The second-order valence-corrected chi connectivity index (χ2v) is 5.88. The molecule has 3 N–H and O–H groups in total. The minimum Gasteiger partial charge on any atom is -0.342 e. The van der Waals surface area contributed by atoms with Crippen LogP contribution in [0, 0.1) is 0 Å². The van der Waals surface area contributed by atoms with Gasteiger partial charge in [-0.25, -0.2) is 0 Å². The minimum absolute atomic E-state index is 0.136. The molecule has 4 rings (SSSR count). The van der Waals surface area contributed by atoms with E-state index >= 15 is 0 Å². The lowest BCUT2D eigenvalue weighted by atomic mass is 10.1. The number of amides is 2. The molecular formula is C20H16N4O2. The number of nitrogens with zero attached hydrogens (tertiary/aromatic N) is 1. The van der Waals surface area contributed by atoms with Gasteiger partial charge in [0, 0.05) is 16.5 Å². The molecule has 2 amide bonds. The number of benzene rings is 3. The maximum atomic E-state index is 12.3. The highest BCUT2D eigenvalue weighted by Crippen LogP contribution is 2.22. The van der Waals surface area contributed by atoms with Gasteiger partial charge in [-0.2, -0.15) is 5.10 Å². The van der Waals surface area contributed by atoms with E-state index in [1.807, 2.05) is 66.7 Å². The molecule has 1 heterocycles. The summed E-state index contributed by atoms with van der Waals surface area (Å²) in [4.78, 5) is 24.6. The molecule has 0 atom stereocenters. The smallest absolute Gasteiger partial charge is 0.272 e. The van der Waals surface area contributed by atoms with Gasteiger partial charge in [-0.1, -0.05) is 54.6 Å². The van der Waals surface area contributed by atoms with Gasteiger partial charge in [0.05, 0.1) is 12.1 Å². The number of H-pyrrole nitrogens is 1. The van der Waals surface area contributed by atoms with Crippen molar-refractivity contribution < 1.29 is 9.59 Å². The quantitative estimate of drug-likeness (QED) is 0.532. The largest absolute Gasteiger partial charge is 0.342 e. The zero-order chi connectivity index (χ0) is 17.9. The highest BCUT2D eigenvalue weighted by atomic mass is 16.2. The number of aromatic amines is 1. The normalized spacial score (nSPS) is 10.8. The molecule has 0 aliphatic carbocycles. The summed E-state index contributed by atoms with van der Waals surface area (Å²) in [6.07, 6.45) is 0. The van der Waals surface area contributed by atoms with Crippen molar-refractivity contribution in [1.82, 2.24) is 15.5 Å². The second-order valence-electron chi connectivity index (χ2n) is 5.88. The Hall–Kier alpha value is -3.67. The Morgan fingerprint density at radius 3 is 2.50 bits per heavy atom. The van der Waals surface area contributed by atoms with Crippen molar-refractivity contribution in [3.8, 4) is 0 Å². The molecule has 0 radical (unpaired) electrons. The van der Waals surface area contributed by atoms with Gasteiger partial charge in [0.15, 0.2) is 5.69 Å². The van der Waals surface area contributed by atoms with Gasteiger partial charge in [-0.3, -0.25) is 14.7 Å². The predicted molar refractivity (Wildman–Crippen MR) is 101 cm³/mol. The predicted octanol–water partition coefficient (Wildman–Crippen LogP) is 3.08. The van der Waals surface area contributed by atoms with E-state index in [1.165, 1.54) is 0 Å². The number of hydrogen-bond donors (Lipinski definition) is 3. The molecule has 4 aromatic rings. The molecule has 26 heavy (non-hydrogen) atoms. The summed E-state index contributed by atoms with van der Waals surface area (Å²) in [7, 11) is 0. The summed E-state index contributed by atoms with van der Waals surface area (Å²) in [6, 6.07) is 20.8. The third kappa shape index (κ3) is 3.00. The summed E-state index contributed by atoms with van der Waals surface area (Å²) in [5.74, 6) is -0.690. The molecule has 128 valence electrons. The van der Waals surface area contributed by atoms with Gasteiger partial charge in [0.2, 0.25) is 5.91 Å². The molecule has 0 aliphatic rings. The summed E-state index contributed by atoms with van der Waals surface area (Å²) < 4.78 is 0. The molecule has 0 spiro atoms. The van der Waals surface area contributed by atoms with Gasteiger partial charge in [-0.05, 0) is 17.5 Å². The summed E-state index contributed by atoms with van der Waals surface area (Å²) in [5, 5.41) is 15.0.